The Bertz CT molecular complexity index is 551. The summed E-state index contributed by atoms with van der Waals surface area (Å²) in [7, 11) is 0. The van der Waals surface area contributed by atoms with Crippen LogP contribution in [0.5, 0.6) is 0 Å². The van der Waals surface area contributed by atoms with Crippen molar-refractivity contribution in [3.8, 4) is 0 Å². The van der Waals surface area contributed by atoms with E-state index >= 15 is 0 Å². The number of nitrogens with two attached hydrogens (primary N) is 1. The minimum Gasteiger partial charge on any atom is -0.368 e. The summed E-state index contributed by atoms with van der Waals surface area (Å²) < 4.78 is 1.60. The van der Waals surface area contributed by atoms with E-state index in [0.717, 1.165) is 25.7 Å². The second-order valence-corrected chi connectivity index (χ2v) is 5.61. The Kier molecular flexibility index (Phi) is 4.77. The molecule has 6 nitrogen and oxygen atoms in total. The second kappa shape index (κ2) is 6.56. The lowest BCUT2D eigenvalue weighted by atomic mass is 9.89. The van der Waals surface area contributed by atoms with E-state index in [9.17, 15) is 14.4 Å². The largest absolute Gasteiger partial charge is 0.368 e. The van der Waals surface area contributed by atoms with Crippen molar-refractivity contribution >= 4 is 11.8 Å². The Balaban J connectivity index is 2.05. The number of hydrogen-bond donors (Lipinski definition) is 2. The summed E-state index contributed by atoms with van der Waals surface area (Å²) in [6, 6.07) is 2.78. The van der Waals surface area contributed by atoms with E-state index in [-0.39, 0.29) is 17.9 Å². The van der Waals surface area contributed by atoms with Gasteiger partial charge in [0, 0.05) is 24.5 Å². The molecule has 1 aliphatic rings. The van der Waals surface area contributed by atoms with Gasteiger partial charge in [-0.3, -0.25) is 14.4 Å². The molecule has 1 aliphatic carbocycles. The number of primary amides is 1. The third kappa shape index (κ3) is 3.93. The van der Waals surface area contributed by atoms with Crippen molar-refractivity contribution in [2.75, 3.05) is 0 Å². The summed E-state index contributed by atoms with van der Waals surface area (Å²) >= 11 is 0. The Hall–Kier alpha value is -2.11. The average molecular weight is 291 g/mol. The van der Waals surface area contributed by atoms with Crippen LogP contribution in [0.2, 0.25) is 0 Å². The minimum atomic E-state index is -0.924. The lowest BCUT2D eigenvalue weighted by molar-refractivity contribution is -0.132. The predicted molar refractivity (Wildman–Crippen MR) is 78.5 cm³/mol. The first-order valence-corrected chi connectivity index (χ1v) is 7.29. The molecule has 0 spiro atoms. The van der Waals surface area contributed by atoms with Crippen molar-refractivity contribution < 1.29 is 9.59 Å². The first-order valence-electron chi connectivity index (χ1n) is 7.29. The summed E-state index contributed by atoms with van der Waals surface area (Å²) in [4.78, 5) is 35.0. The highest BCUT2D eigenvalue weighted by Crippen LogP contribution is 2.27. The molecule has 0 radical (unpaired) electrons. The van der Waals surface area contributed by atoms with Crippen LogP contribution in [0.1, 0.15) is 38.5 Å². The molecule has 1 heterocycles. The third-order valence-electron chi connectivity index (χ3n) is 3.99. The van der Waals surface area contributed by atoms with Crippen LogP contribution >= 0.6 is 0 Å². The number of rotatable bonds is 4. The molecule has 0 bridgehead atoms. The van der Waals surface area contributed by atoms with E-state index in [1.165, 1.54) is 12.1 Å². The molecule has 0 aromatic carbocycles. The summed E-state index contributed by atoms with van der Waals surface area (Å²) in [5.41, 5.74) is 4.50. The molecular formula is C15H21N3O3. The number of nitrogens with one attached hydrogen (secondary N) is 1. The molecule has 0 aliphatic heterocycles. The number of amides is 2. The quantitative estimate of drug-likeness (QED) is 0.793. The first-order chi connectivity index (χ1) is 10.0. The first kappa shape index (κ1) is 15.3. The Labute approximate surface area is 123 Å². The number of pyridine rings is 1. The summed E-state index contributed by atoms with van der Waals surface area (Å²) in [5.74, 6) is -0.725. The van der Waals surface area contributed by atoms with Crippen molar-refractivity contribution in [3.63, 3.8) is 0 Å². The van der Waals surface area contributed by atoms with Crippen molar-refractivity contribution in [1.29, 1.82) is 0 Å². The van der Waals surface area contributed by atoms with Crippen LogP contribution in [-0.2, 0) is 16.1 Å². The van der Waals surface area contributed by atoms with Crippen LogP contribution in [0.4, 0.5) is 0 Å². The van der Waals surface area contributed by atoms with Crippen molar-refractivity contribution in [1.82, 2.24) is 9.88 Å². The number of carbonyl (C=O) groups is 2. The van der Waals surface area contributed by atoms with Gasteiger partial charge in [-0.2, -0.15) is 0 Å². The zero-order valence-electron chi connectivity index (χ0n) is 12.0. The Morgan fingerprint density at radius 1 is 1.14 bits per heavy atom. The highest BCUT2D eigenvalue weighted by atomic mass is 16.2. The number of hydrogen-bond acceptors (Lipinski definition) is 3. The molecule has 21 heavy (non-hydrogen) atoms. The van der Waals surface area contributed by atoms with E-state index in [0.29, 0.717) is 12.8 Å². The van der Waals surface area contributed by atoms with Crippen molar-refractivity contribution in [3.05, 3.63) is 34.7 Å². The molecule has 1 aromatic rings. The molecule has 0 unspecified atom stereocenters. The highest BCUT2D eigenvalue weighted by Gasteiger charge is 2.38. The normalized spacial score (nSPS) is 17.7. The zero-order chi connectivity index (χ0) is 15.3. The van der Waals surface area contributed by atoms with E-state index in [4.69, 9.17) is 5.73 Å². The van der Waals surface area contributed by atoms with Crippen LogP contribution in [0.3, 0.4) is 0 Å². The fraction of sp³-hybridized carbons (Fsp3) is 0.533. The van der Waals surface area contributed by atoms with Gasteiger partial charge in [0.2, 0.25) is 11.8 Å². The standard InChI is InChI=1S/C15H21N3O3/c16-14(21)15(7-3-1-2-4-8-15)17-13(20)11-18-9-5-12(19)6-10-18/h5-6,9-10H,1-4,7-8,11H2,(H2,16,21)(H,17,20). The van der Waals surface area contributed by atoms with Gasteiger partial charge in [-0.1, -0.05) is 25.7 Å². The van der Waals surface area contributed by atoms with Crippen LogP contribution in [0.15, 0.2) is 29.3 Å². The number of nitrogens with zero attached hydrogens (tertiary/aromatic N) is 1. The SMILES string of the molecule is NC(=O)C1(NC(=O)Cn2ccc(=O)cc2)CCCCCC1. The molecule has 2 rings (SSSR count). The maximum atomic E-state index is 12.2. The van der Waals surface area contributed by atoms with E-state index in [2.05, 4.69) is 5.32 Å². The molecule has 3 N–H and O–H groups in total. The summed E-state index contributed by atoms with van der Waals surface area (Å²) in [6.07, 6.45) is 8.19. The topological polar surface area (TPSA) is 94.2 Å². The lowest BCUT2D eigenvalue weighted by Gasteiger charge is -2.30. The maximum Gasteiger partial charge on any atom is 0.243 e. The summed E-state index contributed by atoms with van der Waals surface area (Å²) in [5, 5.41) is 2.82. The fourth-order valence-electron chi connectivity index (χ4n) is 2.79. The summed E-state index contributed by atoms with van der Waals surface area (Å²) in [6.45, 7) is 0.0648. The van der Waals surface area contributed by atoms with E-state index in [1.807, 2.05) is 0 Å². The molecule has 1 fully saturated rings. The van der Waals surface area contributed by atoms with Crippen LogP contribution < -0.4 is 16.5 Å². The number of aromatic nitrogens is 1. The predicted octanol–water partition coefficient (Wildman–Crippen LogP) is 0.543. The van der Waals surface area contributed by atoms with Gasteiger partial charge >= 0.3 is 0 Å². The average Bonchev–Trinajstić information content (AvgIpc) is 2.68. The smallest absolute Gasteiger partial charge is 0.243 e. The monoisotopic (exact) mass is 291 g/mol. The van der Waals surface area contributed by atoms with Gasteiger partial charge < -0.3 is 15.6 Å². The number of carbonyl (C=O) groups excluding carboxylic acids is 2. The second-order valence-electron chi connectivity index (χ2n) is 5.61. The lowest BCUT2D eigenvalue weighted by Crippen LogP contribution is -2.57. The maximum absolute atomic E-state index is 12.2. The molecule has 0 atom stereocenters. The molecule has 114 valence electrons. The van der Waals surface area contributed by atoms with E-state index < -0.39 is 11.4 Å². The fourth-order valence-corrected chi connectivity index (χ4v) is 2.79. The van der Waals surface area contributed by atoms with Gasteiger partial charge in [0.1, 0.15) is 12.1 Å². The highest BCUT2D eigenvalue weighted by molar-refractivity contribution is 5.90. The minimum absolute atomic E-state index is 0.0648. The molecular weight excluding hydrogens is 270 g/mol. The zero-order valence-corrected chi connectivity index (χ0v) is 12.0. The van der Waals surface area contributed by atoms with Crippen molar-refractivity contribution in [2.24, 2.45) is 5.73 Å². The molecule has 1 aromatic heterocycles. The van der Waals surface area contributed by atoms with Crippen LogP contribution in [0, 0.1) is 0 Å². The van der Waals surface area contributed by atoms with E-state index in [1.54, 1.807) is 17.0 Å². The molecule has 6 heteroatoms. The molecule has 0 saturated heterocycles. The van der Waals surface area contributed by atoms with Gasteiger partial charge in [0.15, 0.2) is 5.43 Å². The van der Waals surface area contributed by atoms with Crippen LogP contribution in [0.25, 0.3) is 0 Å². The van der Waals surface area contributed by atoms with Gasteiger partial charge in [0.05, 0.1) is 0 Å². The van der Waals surface area contributed by atoms with Gasteiger partial charge in [-0.05, 0) is 12.8 Å². The van der Waals surface area contributed by atoms with Crippen molar-refractivity contribution in [2.45, 2.75) is 50.6 Å². The van der Waals surface area contributed by atoms with Gasteiger partial charge in [0.25, 0.3) is 0 Å². The molecule has 2 amide bonds. The molecule has 1 saturated carbocycles. The Morgan fingerprint density at radius 2 is 1.71 bits per heavy atom. The van der Waals surface area contributed by atoms with Gasteiger partial charge in [-0.25, -0.2) is 0 Å². The van der Waals surface area contributed by atoms with Crippen LogP contribution in [-0.4, -0.2) is 21.9 Å². The third-order valence-corrected chi connectivity index (χ3v) is 3.99. The van der Waals surface area contributed by atoms with Gasteiger partial charge in [-0.15, -0.1) is 0 Å². The Morgan fingerprint density at radius 3 is 2.24 bits per heavy atom.